The van der Waals surface area contributed by atoms with Crippen LogP contribution in [-0.2, 0) is 25.3 Å². The van der Waals surface area contributed by atoms with Gasteiger partial charge in [0.25, 0.3) is 5.91 Å². The van der Waals surface area contributed by atoms with Crippen molar-refractivity contribution in [2.24, 2.45) is 0 Å². The normalized spacial score (nSPS) is 11.1. The Morgan fingerprint density at radius 2 is 1.62 bits per heavy atom. The summed E-state index contributed by atoms with van der Waals surface area (Å²) in [6.45, 7) is 3.16. The van der Waals surface area contributed by atoms with Crippen LogP contribution in [0.15, 0.2) is 34.8 Å². The van der Waals surface area contributed by atoms with Gasteiger partial charge < -0.3 is 15.4 Å². The second-order valence-electron chi connectivity index (χ2n) is 6.79. The van der Waals surface area contributed by atoms with Crippen LogP contribution in [0.25, 0.3) is 0 Å². The Labute approximate surface area is 195 Å². The minimum atomic E-state index is -4.60. The SMILES string of the molecule is Cc1c(Br)ccc(NC(=O)COC(=O)CCC(=O)Nc2cc(C(F)(F)F)ccc2Cl)c1C. The summed E-state index contributed by atoms with van der Waals surface area (Å²) in [6.07, 6.45) is -5.33. The molecule has 0 bridgehead atoms. The maximum Gasteiger partial charge on any atom is 0.416 e. The number of halogens is 5. The lowest BCUT2D eigenvalue weighted by atomic mass is 10.1. The Bertz CT molecular complexity index is 1040. The quantitative estimate of drug-likeness (QED) is 0.450. The number of esters is 1. The molecule has 2 amide bonds. The molecular formula is C21H19BrClF3N2O4. The molecule has 2 N–H and O–H groups in total. The molecule has 0 saturated heterocycles. The van der Waals surface area contributed by atoms with Crippen LogP contribution in [0.5, 0.6) is 0 Å². The number of benzene rings is 2. The number of carbonyl (C=O) groups excluding carboxylic acids is 3. The number of hydrogen-bond donors (Lipinski definition) is 2. The minimum absolute atomic E-state index is 0.0796. The Kier molecular flexibility index (Phi) is 8.68. The Balaban J connectivity index is 1.81. The third-order valence-corrected chi connectivity index (χ3v) is 5.67. The topological polar surface area (TPSA) is 84.5 Å². The van der Waals surface area contributed by atoms with Crippen LogP contribution in [0.3, 0.4) is 0 Å². The van der Waals surface area contributed by atoms with Crippen LogP contribution in [0, 0.1) is 13.8 Å². The summed E-state index contributed by atoms with van der Waals surface area (Å²) < 4.78 is 44.1. The van der Waals surface area contributed by atoms with E-state index in [-0.39, 0.29) is 23.6 Å². The summed E-state index contributed by atoms with van der Waals surface area (Å²) in [5.41, 5.74) is 1.18. The monoisotopic (exact) mass is 534 g/mol. The van der Waals surface area contributed by atoms with Gasteiger partial charge in [-0.25, -0.2) is 0 Å². The Morgan fingerprint density at radius 3 is 2.28 bits per heavy atom. The number of amides is 2. The fourth-order valence-corrected chi connectivity index (χ4v) is 3.15. The molecule has 0 heterocycles. The molecular weight excluding hydrogens is 517 g/mol. The first kappa shape index (κ1) is 25.7. The Hall–Kier alpha value is -2.59. The highest BCUT2D eigenvalue weighted by Crippen LogP contribution is 2.34. The fraction of sp³-hybridized carbons (Fsp3) is 0.286. The summed E-state index contributed by atoms with van der Waals surface area (Å²) >= 11 is 9.20. The first-order chi connectivity index (χ1) is 14.9. The maximum atomic E-state index is 12.8. The third-order valence-electron chi connectivity index (χ3n) is 4.48. The van der Waals surface area contributed by atoms with Gasteiger partial charge in [0.2, 0.25) is 5.91 Å². The van der Waals surface area contributed by atoms with Crippen LogP contribution in [0.4, 0.5) is 24.5 Å². The average molecular weight is 536 g/mol. The zero-order chi connectivity index (χ0) is 24.1. The number of rotatable bonds is 7. The fourth-order valence-electron chi connectivity index (χ4n) is 2.55. The van der Waals surface area contributed by atoms with E-state index in [1.165, 1.54) is 0 Å². The molecule has 0 aliphatic heterocycles. The molecule has 11 heteroatoms. The van der Waals surface area contributed by atoms with Crippen molar-refractivity contribution < 1.29 is 32.3 Å². The van der Waals surface area contributed by atoms with Crippen molar-refractivity contribution in [3.63, 3.8) is 0 Å². The number of nitrogens with one attached hydrogen (secondary N) is 2. The van der Waals surface area contributed by atoms with Crippen molar-refractivity contribution in [3.8, 4) is 0 Å². The van der Waals surface area contributed by atoms with Crippen LogP contribution >= 0.6 is 27.5 Å². The third kappa shape index (κ3) is 7.23. The van der Waals surface area contributed by atoms with Gasteiger partial charge in [0.05, 0.1) is 22.7 Å². The lowest BCUT2D eigenvalue weighted by Gasteiger charge is -2.12. The first-order valence-corrected chi connectivity index (χ1v) is 10.4. The lowest BCUT2D eigenvalue weighted by molar-refractivity contribution is -0.147. The van der Waals surface area contributed by atoms with Gasteiger partial charge in [-0.1, -0.05) is 27.5 Å². The van der Waals surface area contributed by atoms with Crippen molar-refractivity contribution in [2.75, 3.05) is 17.2 Å². The number of hydrogen-bond acceptors (Lipinski definition) is 4. The minimum Gasteiger partial charge on any atom is -0.456 e. The molecule has 0 fully saturated rings. The van der Waals surface area contributed by atoms with Crippen LogP contribution in [0.1, 0.15) is 29.5 Å². The number of ether oxygens (including phenoxy) is 1. The highest BCUT2D eigenvalue weighted by molar-refractivity contribution is 9.10. The molecule has 2 rings (SSSR count). The Morgan fingerprint density at radius 1 is 0.969 bits per heavy atom. The molecule has 0 saturated carbocycles. The largest absolute Gasteiger partial charge is 0.456 e. The van der Waals surface area contributed by atoms with Crippen LogP contribution < -0.4 is 10.6 Å². The van der Waals surface area contributed by atoms with E-state index in [1.54, 1.807) is 12.1 Å². The van der Waals surface area contributed by atoms with Crippen molar-refractivity contribution in [1.29, 1.82) is 0 Å². The molecule has 6 nitrogen and oxygen atoms in total. The smallest absolute Gasteiger partial charge is 0.416 e. The van der Waals surface area contributed by atoms with Crippen molar-refractivity contribution in [3.05, 3.63) is 56.5 Å². The predicted octanol–water partition coefficient (Wildman–Crippen LogP) is 5.64. The van der Waals surface area contributed by atoms with E-state index >= 15 is 0 Å². The summed E-state index contributed by atoms with van der Waals surface area (Å²) in [5.74, 6) is -2.09. The van der Waals surface area contributed by atoms with E-state index in [0.29, 0.717) is 11.8 Å². The van der Waals surface area contributed by atoms with E-state index in [2.05, 4.69) is 26.6 Å². The van der Waals surface area contributed by atoms with E-state index in [4.69, 9.17) is 16.3 Å². The van der Waals surface area contributed by atoms with E-state index in [9.17, 15) is 27.6 Å². The molecule has 0 radical (unpaired) electrons. The molecule has 0 spiro atoms. The van der Waals surface area contributed by atoms with Gasteiger partial charge in [0.15, 0.2) is 6.61 Å². The second kappa shape index (κ2) is 10.8. The van der Waals surface area contributed by atoms with Gasteiger partial charge in [-0.15, -0.1) is 0 Å². The van der Waals surface area contributed by atoms with Gasteiger partial charge in [0, 0.05) is 16.6 Å². The zero-order valence-corrected chi connectivity index (χ0v) is 19.4. The summed E-state index contributed by atoms with van der Waals surface area (Å²) in [6, 6.07) is 5.99. The number of alkyl halides is 3. The van der Waals surface area contributed by atoms with Crippen molar-refractivity contribution in [1.82, 2.24) is 0 Å². The molecule has 0 aliphatic carbocycles. The molecule has 0 unspecified atom stereocenters. The van der Waals surface area contributed by atoms with Crippen LogP contribution in [-0.4, -0.2) is 24.4 Å². The molecule has 32 heavy (non-hydrogen) atoms. The zero-order valence-electron chi connectivity index (χ0n) is 17.0. The standard InChI is InChI=1S/C21H19BrClF3N2O4/c1-11-12(2)16(6-4-14(11)22)27-19(30)10-32-20(31)8-7-18(29)28-17-9-13(21(24,25)26)3-5-15(17)23/h3-6,9H,7-8,10H2,1-2H3,(H,27,30)(H,28,29). The average Bonchev–Trinajstić information content (AvgIpc) is 2.72. The van der Waals surface area contributed by atoms with Crippen molar-refractivity contribution >= 4 is 56.7 Å². The number of carbonyl (C=O) groups is 3. The summed E-state index contributed by atoms with van der Waals surface area (Å²) in [5, 5.41) is 4.78. The van der Waals surface area contributed by atoms with Gasteiger partial charge in [-0.05, 0) is 55.3 Å². The predicted molar refractivity (Wildman–Crippen MR) is 118 cm³/mol. The van der Waals surface area contributed by atoms with Gasteiger partial charge in [-0.2, -0.15) is 13.2 Å². The molecule has 0 aliphatic rings. The van der Waals surface area contributed by atoms with Crippen LogP contribution in [0.2, 0.25) is 5.02 Å². The van der Waals surface area contributed by atoms with E-state index < -0.39 is 36.1 Å². The molecule has 2 aromatic carbocycles. The highest BCUT2D eigenvalue weighted by Gasteiger charge is 2.31. The highest BCUT2D eigenvalue weighted by atomic mass is 79.9. The summed E-state index contributed by atoms with van der Waals surface area (Å²) in [7, 11) is 0. The van der Waals surface area contributed by atoms with Gasteiger partial charge in [0.1, 0.15) is 0 Å². The van der Waals surface area contributed by atoms with Gasteiger partial charge >= 0.3 is 12.1 Å². The van der Waals surface area contributed by atoms with Gasteiger partial charge in [-0.3, -0.25) is 14.4 Å². The lowest BCUT2D eigenvalue weighted by Crippen LogP contribution is -2.22. The number of anilines is 2. The molecule has 2 aromatic rings. The van der Waals surface area contributed by atoms with E-state index in [1.807, 2.05) is 13.8 Å². The van der Waals surface area contributed by atoms with E-state index in [0.717, 1.165) is 27.7 Å². The first-order valence-electron chi connectivity index (χ1n) is 9.26. The molecule has 0 aromatic heterocycles. The van der Waals surface area contributed by atoms with Crippen molar-refractivity contribution in [2.45, 2.75) is 32.9 Å². The maximum absolute atomic E-state index is 12.8. The molecule has 0 atom stereocenters. The second-order valence-corrected chi connectivity index (χ2v) is 8.06. The summed E-state index contributed by atoms with van der Waals surface area (Å²) in [4.78, 5) is 35.8. The molecule has 172 valence electrons.